The number of nitrogens with zero attached hydrogens (tertiary/aromatic N) is 3. The van der Waals surface area contributed by atoms with E-state index in [4.69, 9.17) is 11.6 Å². The Kier molecular flexibility index (Phi) is 7.64. The summed E-state index contributed by atoms with van der Waals surface area (Å²) >= 11 is 5.96. The van der Waals surface area contributed by atoms with Crippen molar-refractivity contribution in [2.24, 2.45) is 11.8 Å². The van der Waals surface area contributed by atoms with Crippen LogP contribution in [0.25, 0.3) is 0 Å². The Balaban J connectivity index is 1.52. The molecule has 1 aliphatic carbocycles. The molecule has 194 valence electrons. The number of hydrogen-bond acceptors (Lipinski definition) is 6. The van der Waals surface area contributed by atoms with E-state index in [0.29, 0.717) is 30.1 Å². The number of carbonyl (C=O) groups is 3. The van der Waals surface area contributed by atoms with Crippen LogP contribution in [0.1, 0.15) is 45.4 Å². The number of pyridine rings is 1. The molecular formula is C24H29ClF2N6O3. The van der Waals surface area contributed by atoms with E-state index >= 15 is 0 Å². The molecule has 1 aromatic heterocycles. The second kappa shape index (κ2) is 10.5. The van der Waals surface area contributed by atoms with Gasteiger partial charge in [0.2, 0.25) is 17.7 Å². The largest absolute Gasteiger partial charge is 0.373 e. The van der Waals surface area contributed by atoms with Crippen LogP contribution in [-0.4, -0.2) is 64.2 Å². The van der Waals surface area contributed by atoms with E-state index in [0.717, 1.165) is 6.42 Å². The average molecular weight is 523 g/mol. The maximum Gasteiger partial charge on any atom is 0.255 e. The zero-order chi connectivity index (χ0) is 26.0. The van der Waals surface area contributed by atoms with E-state index in [1.165, 1.54) is 17.3 Å². The molecule has 3 amide bonds. The molecule has 9 nitrogen and oxygen atoms in total. The summed E-state index contributed by atoms with van der Waals surface area (Å²) in [6.07, 6.45) is 4.30. The van der Waals surface area contributed by atoms with Gasteiger partial charge in [0, 0.05) is 31.1 Å². The number of nitriles is 1. The van der Waals surface area contributed by atoms with Crippen molar-refractivity contribution in [2.45, 2.75) is 75.5 Å². The number of alkyl halides is 2. The molecule has 5 rings (SSSR count). The van der Waals surface area contributed by atoms with Gasteiger partial charge in [-0.1, -0.05) is 11.6 Å². The van der Waals surface area contributed by atoms with Gasteiger partial charge in [-0.05, 0) is 45.1 Å². The van der Waals surface area contributed by atoms with Gasteiger partial charge in [0.05, 0.1) is 28.9 Å². The van der Waals surface area contributed by atoms with E-state index in [-0.39, 0.29) is 18.7 Å². The predicted molar refractivity (Wildman–Crippen MR) is 127 cm³/mol. The lowest BCUT2D eigenvalue weighted by molar-refractivity contribution is -0.194. The number of amides is 3. The fourth-order valence-electron chi connectivity index (χ4n) is 5.60. The molecule has 0 spiro atoms. The minimum absolute atomic E-state index is 0.0823. The second-order valence-corrected chi connectivity index (χ2v) is 10.2. The van der Waals surface area contributed by atoms with Crippen molar-refractivity contribution in [1.29, 1.82) is 5.26 Å². The fourth-order valence-corrected chi connectivity index (χ4v) is 5.77. The molecule has 1 aromatic rings. The van der Waals surface area contributed by atoms with Crippen molar-refractivity contribution in [3.63, 3.8) is 0 Å². The third-order valence-electron chi connectivity index (χ3n) is 7.31. The van der Waals surface area contributed by atoms with Crippen molar-refractivity contribution >= 4 is 35.0 Å². The first-order chi connectivity index (χ1) is 17.1. The highest BCUT2D eigenvalue weighted by Crippen LogP contribution is 2.49. The summed E-state index contributed by atoms with van der Waals surface area (Å²) in [5.41, 5.74) is 0.479. The average Bonchev–Trinajstić information content (AvgIpc) is 2.83. The Hall–Kier alpha value is -3.00. The van der Waals surface area contributed by atoms with Gasteiger partial charge in [0.15, 0.2) is 0 Å². The van der Waals surface area contributed by atoms with Crippen LogP contribution in [-0.2, 0) is 14.4 Å². The van der Waals surface area contributed by atoms with Crippen molar-refractivity contribution in [2.75, 3.05) is 11.9 Å². The van der Waals surface area contributed by atoms with Gasteiger partial charge in [-0.25, -0.2) is 8.78 Å². The molecule has 12 heteroatoms. The molecule has 0 unspecified atom stereocenters. The lowest BCUT2D eigenvalue weighted by Gasteiger charge is -2.54. The smallest absolute Gasteiger partial charge is 0.255 e. The number of fused-ring (bicyclic) bond motifs is 3. The van der Waals surface area contributed by atoms with Gasteiger partial charge >= 0.3 is 0 Å². The summed E-state index contributed by atoms with van der Waals surface area (Å²) in [5.74, 6) is -6.39. The second-order valence-electron chi connectivity index (χ2n) is 9.81. The van der Waals surface area contributed by atoms with Gasteiger partial charge < -0.3 is 20.9 Å². The first-order valence-corrected chi connectivity index (χ1v) is 12.5. The van der Waals surface area contributed by atoms with Gasteiger partial charge in [-0.3, -0.25) is 19.4 Å². The minimum Gasteiger partial charge on any atom is -0.373 e. The summed E-state index contributed by atoms with van der Waals surface area (Å²) in [4.78, 5) is 44.2. The molecule has 0 aromatic carbocycles. The zero-order valence-electron chi connectivity index (χ0n) is 19.8. The van der Waals surface area contributed by atoms with E-state index in [1.54, 1.807) is 13.0 Å². The molecule has 1 saturated carbocycles. The first kappa shape index (κ1) is 26.1. The standard InChI is InChI=1S/C24H29ClF2N6O3/c1-13(31-17-8-15(25)11-29-12-17)23(36)33-18-4-5-19(24(26,27)9-18)20(33)22(35)32-16(10-28)7-14-3-2-6-30-21(14)34/h8,11-14,16,18-20,31H,2-7,9H2,1H3,(H,30,34)(H,32,35)/t13-,14-,16-,18+,19+,20-/m0/s1. The third-order valence-corrected chi connectivity index (χ3v) is 7.52. The Bertz CT molecular complexity index is 1070. The minimum atomic E-state index is -3.11. The summed E-state index contributed by atoms with van der Waals surface area (Å²) in [6, 6.07) is -0.547. The SMILES string of the molecule is C[C@H](Nc1cncc(Cl)c1)C(=O)N1[C@@H]2CC[C@H]([C@H]1C(=O)N[C@H](C#N)C[C@@H]1CCCNC1=O)C(F)(F)C2. The van der Waals surface area contributed by atoms with Gasteiger partial charge in [-0.2, -0.15) is 5.26 Å². The Morgan fingerprint density at radius 3 is 2.81 bits per heavy atom. The number of anilines is 1. The van der Waals surface area contributed by atoms with Crippen LogP contribution in [0, 0.1) is 23.2 Å². The summed E-state index contributed by atoms with van der Waals surface area (Å²) in [7, 11) is 0. The van der Waals surface area contributed by atoms with Crippen molar-refractivity contribution in [3.8, 4) is 6.07 Å². The molecule has 4 fully saturated rings. The normalized spacial score (nSPS) is 28.4. The van der Waals surface area contributed by atoms with Crippen LogP contribution >= 0.6 is 11.6 Å². The number of piperidine rings is 3. The Morgan fingerprint density at radius 1 is 1.36 bits per heavy atom. The van der Waals surface area contributed by atoms with Gasteiger partial charge in [-0.15, -0.1) is 0 Å². The summed E-state index contributed by atoms with van der Waals surface area (Å²) in [5, 5.41) is 18.3. The molecule has 4 aliphatic rings. The lowest BCUT2D eigenvalue weighted by Crippen LogP contribution is -2.70. The monoisotopic (exact) mass is 522 g/mol. The molecule has 0 radical (unpaired) electrons. The van der Waals surface area contributed by atoms with E-state index < -0.39 is 60.2 Å². The van der Waals surface area contributed by atoms with Crippen LogP contribution in [0.5, 0.6) is 0 Å². The van der Waals surface area contributed by atoms with E-state index in [2.05, 4.69) is 20.9 Å². The Morgan fingerprint density at radius 2 is 2.14 bits per heavy atom. The highest BCUT2D eigenvalue weighted by molar-refractivity contribution is 6.30. The molecule has 36 heavy (non-hydrogen) atoms. The van der Waals surface area contributed by atoms with Crippen LogP contribution in [0.15, 0.2) is 18.5 Å². The van der Waals surface area contributed by atoms with Crippen LogP contribution in [0.2, 0.25) is 5.02 Å². The summed E-state index contributed by atoms with van der Waals surface area (Å²) in [6.45, 7) is 2.14. The van der Waals surface area contributed by atoms with Crippen LogP contribution in [0.4, 0.5) is 14.5 Å². The molecule has 4 heterocycles. The van der Waals surface area contributed by atoms with E-state index in [9.17, 15) is 28.4 Å². The fraction of sp³-hybridized carbons (Fsp3) is 0.625. The van der Waals surface area contributed by atoms with E-state index in [1.807, 2.05) is 6.07 Å². The maximum absolute atomic E-state index is 14.9. The number of halogens is 3. The maximum atomic E-state index is 14.9. The predicted octanol–water partition coefficient (Wildman–Crippen LogP) is 2.47. The topological polar surface area (TPSA) is 127 Å². The van der Waals surface area contributed by atoms with Crippen molar-refractivity contribution in [3.05, 3.63) is 23.5 Å². The molecule has 6 atom stereocenters. The molecule has 3 saturated heterocycles. The number of hydrogen-bond donors (Lipinski definition) is 3. The molecule has 3 N–H and O–H groups in total. The quantitative estimate of drug-likeness (QED) is 0.505. The zero-order valence-corrected chi connectivity index (χ0v) is 20.6. The molecule has 2 bridgehead atoms. The van der Waals surface area contributed by atoms with Gasteiger partial charge in [0.1, 0.15) is 18.1 Å². The first-order valence-electron chi connectivity index (χ1n) is 12.2. The number of rotatable bonds is 7. The van der Waals surface area contributed by atoms with Crippen molar-refractivity contribution in [1.82, 2.24) is 20.5 Å². The third kappa shape index (κ3) is 5.38. The van der Waals surface area contributed by atoms with Crippen LogP contribution in [0.3, 0.4) is 0 Å². The lowest BCUT2D eigenvalue weighted by atomic mass is 9.71. The van der Waals surface area contributed by atoms with Gasteiger partial charge in [0.25, 0.3) is 5.92 Å². The Labute approximate surface area is 212 Å². The number of nitrogens with one attached hydrogen (secondary N) is 3. The number of carbonyl (C=O) groups excluding carboxylic acids is 3. The molecule has 3 aliphatic heterocycles. The van der Waals surface area contributed by atoms with Crippen LogP contribution < -0.4 is 16.0 Å². The highest BCUT2D eigenvalue weighted by Gasteiger charge is 2.60. The highest BCUT2D eigenvalue weighted by atomic mass is 35.5. The molecular weight excluding hydrogens is 494 g/mol. The summed E-state index contributed by atoms with van der Waals surface area (Å²) < 4.78 is 29.8. The van der Waals surface area contributed by atoms with Crippen molar-refractivity contribution < 1.29 is 23.2 Å². The number of aromatic nitrogens is 1.